The van der Waals surface area contributed by atoms with E-state index in [9.17, 15) is 4.79 Å². The van der Waals surface area contributed by atoms with Gasteiger partial charge in [-0.1, -0.05) is 36.4 Å². The van der Waals surface area contributed by atoms with E-state index in [4.69, 9.17) is 0 Å². The first-order chi connectivity index (χ1) is 15.7. The summed E-state index contributed by atoms with van der Waals surface area (Å²) in [6, 6.07) is 18.0. The van der Waals surface area contributed by atoms with Crippen molar-refractivity contribution in [2.24, 2.45) is 7.05 Å². The number of aromatic nitrogens is 3. The molecule has 0 radical (unpaired) electrons. The van der Waals surface area contributed by atoms with Crippen LogP contribution in [-0.4, -0.2) is 33.8 Å². The molecule has 0 bridgehead atoms. The van der Waals surface area contributed by atoms with E-state index in [2.05, 4.69) is 64.1 Å². The molecule has 2 aromatic heterocycles. The normalized spacial score (nSPS) is 23.1. The predicted octanol–water partition coefficient (Wildman–Crippen LogP) is 4.05. The number of imidazole rings is 1. The van der Waals surface area contributed by atoms with Crippen molar-refractivity contribution < 1.29 is 0 Å². The Morgan fingerprint density at radius 3 is 2.58 bits per heavy atom. The van der Waals surface area contributed by atoms with Crippen LogP contribution in [0.4, 0.5) is 0 Å². The molecule has 0 aliphatic carbocycles. The van der Waals surface area contributed by atoms with Crippen molar-refractivity contribution in [3.05, 3.63) is 76.3 Å². The molecular weight excluding hydrogens is 434 g/mol. The maximum atomic E-state index is 13.1. The van der Waals surface area contributed by atoms with Crippen LogP contribution in [0.25, 0.3) is 21.9 Å². The summed E-state index contributed by atoms with van der Waals surface area (Å²) in [5, 5.41) is 8.26. The van der Waals surface area contributed by atoms with E-state index < -0.39 is 0 Å². The molecular formula is C26H30ClN5O. The van der Waals surface area contributed by atoms with Crippen LogP contribution in [0, 0.1) is 0 Å². The number of pyridine rings is 1. The van der Waals surface area contributed by atoms with Gasteiger partial charge >= 0.3 is 5.69 Å². The summed E-state index contributed by atoms with van der Waals surface area (Å²) in [6.07, 6.45) is 5.11. The molecule has 2 aliphatic heterocycles. The molecule has 0 saturated carbocycles. The van der Waals surface area contributed by atoms with E-state index in [1.54, 1.807) is 4.57 Å². The molecule has 0 amide bonds. The van der Waals surface area contributed by atoms with E-state index in [0.29, 0.717) is 12.0 Å². The number of benzene rings is 2. The third-order valence-corrected chi connectivity index (χ3v) is 7.43. The van der Waals surface area contributed by atoms with Gasteiger partial charge in [0.05, 0.1) is 28.8 Å². The average Bonchev–Trinajstić information content (AvgIpc) is 3.46. The molecule has 7 heteroatoms. The van der Waals surface area contributed by atoms with Crippen molar-refractivity contribution in [2.75, 3.05) is 19.6 Å². The van der Waals surface area contributed by atoms with Gasteiger partial charge in [-0.05, 0) is 55.0 Å². The van der Waals surface area contributed by atoms with Gasteiger partial charge in [0.15, 0.2) is 0 Å². The molecule has 6 rings (SSSR count). The van der Waals surface area contributed by atoms with Gasteiger partial charge in [0, 0.05) is 31.6 Å². The largest absolute Gasteiger partial charge is 0.329 e. The Hall–Kier alpha value is -2.67. The van der Waals surface area contributed by atoms with Crippen molar-refractivity contribution >= 4 is 34.3 Å². The zero-order valence-electron chi connectivity index (χ0n) is 18.8. The van der Waals surface area contributed by atoms with Crippen molar-refractivity contribution in [1.82, 2.24) is 24.8 Å². The number of rotatable bonds is 3. The Morgan fingerprint density at radius 2 is 1.85 bits per heavy atom. The molecule has 0 spiro atoms. The fraction of sp³-hybridized carbons (Fsp3) is 0.385. The summed E-state index contributed by atoms with van der Waals surface area (Å²) in [4.78, 5) is 17.8. The Morgan fingerprint density at radius 1 is 1.00 bits per heavy atom. The molecule has 3 unspecified atom stereocenters. The second-order valence-electron chi connectivity index (χ2n) is 9.27. The predicted molar refractivity (Wildman–Crippen MR) is 135 cm³/mol. The van der Waals surface area contributed by atoms with E-state index in [0.717, 1.165) is 60.8 Å². The molecule has 2 saturated heterocycles. The van der Waals surface area contributed by atoms with Gasteiger partial charge in [0.1, 0.15) is 0 Å². The number of nitrogens with zero attached hydrogens (tertiary/aromatic N) is 3. The Labute approximate surface area is 199 Å². The molecule has 2 aromatic carbocycles. The lowest BCUT2D eigenvalue weighted by atomic mass is 9.86. The van der Waals surface area contributed by atoms with E-state index >= 15 is 0 Å². The van der Waals surface area contributed by atoms with Crippen LogP contribution in [0.1, 0.15) is 48.4 Å². The fourth-order valence-electron chi connectivity index (χ4n) is 5.61. The lowest BCUT2D eigenvalue weighted by molar-refractivity contribution is 0.374. The lowest BCUT2D eigenvalue weighted by Gasteiger charge is -2.30. The quantitative estimate of drug-likeness (QED) is 0.481. The van der Waals surface area contributed by atoms with Crippen molar-refractivity contribution in [3.8, 4) is 0 Å². The summed E-state index contributed by atoms with van der Waals surface area (Å²) >= 11 is 0. The minimum atomic E-state index is 0. The fourth-order valence-corrected chi connectivity index (χ4v) is 5.61. The third kappa shape index (κ3) is 3.76. The molecule has 33 heavy (non-hydrogen) atoms. The van der Waals surface area contributed by atoms with Crippen molar-refractivity contribution in [1.29, 1.82) is 0 Å². The Kier molecular flexibility index (Phi) is 5.99. The first kappa shape index (κ1) is 22.1. The average molecular weight is 464 g/mol. The van der Waals surface area contributed by atoms with Gasteiger partial charge in [-0.3, -0.25) is 14.1 Å². The minimum Gasteiger partial charge on any atom is -0.315 e. The van der Waals surface area contributed by atoms with Crippen molar-refractivity contribution in [2.45, 2.75) is 37.3 Å². The molecule has 3 atom stereocenters. The molecule has 4 aromatic rings. The SMILES string of the molecule is Cl.Cn1c(=O)n(C2CCNC2)c2c3cc(C4CCC(c5ccccc5)NC4)ccc3ncc21. The van der Waals surface area contributed by atoms with Crippen LogP contribution in [0.3, 0.4) is 0 Å². The van der Waals surface area contributed by atoms with Gasteiger partial charge < -0.3 is 10.6 Å². The number of hydrogen-bond donors (Lipinski definition) is 2. The summed E-state index contributed by atoms with van der Waals surface area (Å²) in [6.45, 7) is 2.76. The summed E-state index contributed by atoms with van der Waals surface area (Å²) < 4.78 is 3.76. The van der Waals surface area contributed by atoms with Gasteiger partial charge in [0.2, 0.25) is 0 Å². The first-order valence-corrected chi connectivity index (χ1v) is 11.7. The highest BCUT2D eigenvalue weighted by atomic mass is 35.5. The van der Waals surface area contributed by atoms with Crippen LogP contribution >= 0.6 is 12.4 Å². The third-order valence-electron chi connectivity index (χ3n) is 7.43. The van der Waals surface area contributed by atoms with E-state index in [1.165, 1.54) is 11.1 Å². The Balaban J connectivity index is 0.00000228. The summed E-state index contributed by atoms with van der Waals surface area (Å²) in [5.41, 5.74) is 5.66. The van der Waals surface area contributed by atoms with Crippen LogP contribution in [0.5, 0.6) is 0 Å². The van der Waals surface area contributed by atoms with Gasteiger partial charge in [-0.25, -0.2) is 4.79 Å². The Bertz CT molecular complexity index is 1330. The molecule has 2 N–H and O–H groups in total. The highest BCUT2D eigenvalue weighted by Crippen LogP contribution is 2.34. The number of nitrogens with one attached hydrogen (secondary N) is 2. The highest BCUT2D eigenvalue weighted by Gasteiger charge is 2.26. The van der Waals surface area contributed by atoms with Crippen LogP contribution in [0.15, 0.2) is 59.5 Å². The van der Waals surface area contributed by atoms with E-state index in [-0.39, 0.29) is 24.1 Å². The zero-order chi connectivity index (χ0) is 21.7. The van der Waals surface area contributed by atoms with Crippen LogP contribution < -0.4 is 16.3 Å². The number of aryl methyl sites for hydroxylation is 1. The van der Waals surface area contributed by atoms with Crippen LogP contribution in [0.2, 0.25) is 0 Å². The molecule has 2 fully saturated rings. The number of halogens is 1. The highest BCUT2D eigenvalue weighted by molar-refractivity contribution is 6.02. The monoisotopic (exact) mass is 463 g/mol. The molecule has 2 aliphatic rings. The standard InChI is InChI=1S/C26H29N5O.ClH/c1-30-24-16-29-23-10-7-18(19-8-9-22(28-14-19)17-5-3-2-4-6-17)13-21(23)25(24)31(26(30)32)20-11-12-27-15-20;/h2-7,10,13,16,19-20,22,27-28H,8-9,11-12,14-15H2,1H3;1H. The van der Waals surface area contributed by atoms with Gasteiger partial charge in [0.25, 0.3) is 0 Å². The van der Waals surface area contributed by atoms with Gasteiger partial charge in [-0.15, -0.1) is 12.4 Å². The number of hydrogen-bond acceptors (Lipinski definition) is 4. The molecule has 172 valence electrons. The minimum absolute atomic E-state index is 0. The second-order valence-corrected chi connectivity index (χ2v) is 9.27. The van der Waals surface area contributed by atoms with Gasteiger partial charge in [-0.2, -0.15) is 0 Å². The maximum Gasteiger partial charge on any atom is 0.329 e. The van der Waals surface area contributed by atoms with Crippen molar-refractivity contribution in [3.63, 3.8) is 0 Å². The summed E-state index contributed by atoms with van der Waals surface area (Å²) in [7, 11) is 1.86. The number of piperidine rings is 1. The lowest BCUT2D eigenvalue weighted by Crippen LogP contribution is -2.32. The smallest absolute Gasteiger partial charge is 0.315 e. The maximum absolute atomic E-state index is 13.1. The van der Waals surface area contributed by atoms with Crippen LogP contribution in [-0.2, 0) is 7.05 Å². The molecule has 6 nitrogen and oxygen atoms in total. The number of fused-ring (bicyclic) bond motifs is 3. The zero-order valence-corrected chi connectivity index (χ0v) is 19.6. The van der Waals surface area contributed by atoms with E-state index in [1.807, 2.05) is 17.8 Å². The second kappa shape index (κ2) is 8.93. The topological polar surface area (TPSA) is 63.9 Å². The first-order valence-electron chi connectivity index (χ1n) is 11.7. The summed E-state index contributed by atoms with van der Waals surface area (Å²) in [5.74, 6) is 0.464. The molecule has 4 heterocycles.